The number of anilines is 1. The molecule has 1 fully saturated rings. The molecule has 148 valence electrons. The van der Waals surface area contributed by atoms with Crippen LogP contribution in [0, 0.1) is 19.8 Å². The second-order valence-electron chi connectivity index (χ2n) is 7.16. The Hall–Kier alpha value is -1.60. The number of carbonyl (C=O) groups is 2. The Morgan fingerprint density at radius 3 is 2.67 bits per heavy atom. The van der Waals surface area contributed by atoms with Gasteiger partial charge in [-0.15, -0.1) is 0 Å². The van der Waals surface area contributed by atoms with Gasteiger partial charge in [-0.25, -0.2) is 0 Å². The molecule has 1 aliphatic heterocycles. The highest BCUT2D eigenvalue weighted by atomic mass is 32.2. The summed E-state index contributed by atoms with van der Waals surface area (Å²) in [7, 11) is 0. The molecule has 1 aliphatic rings. The molecule has 2 rings (SSSR count). The van der Waals surface area contributed by atoms with Crippen LogP contribution in [-0.2, 0) is 14.3 Å². The second kappa shape index (κ2) is 10.1. The van der Waals surface area contributed by atoms with E-state index in [9.17, 15) is 9.59 Å². The first-order chi connectivity index (χ1) is 12.8. The van der Waals surface area contributed by atoms with Gasteiger partial charge in [-0.2, -0.15) is 0 Å². The lowest BCUT2D eigenvalue weighted by Crippen LogP contribution is -2.36. The molecule has 0 aromatic heterocycles. The van der Waals surface area contributed by atoms with Crippen LogP contribution >= 0.6 is 24.0 Å². The van der Waals surface area contributed by atoms with Gasteiger partial charge in [0.2, 0.25) is 0 Å². The summed E-state index contributed by atoms with van der Waals surface area (Å²) in [6, 6.07) is 5.83. The van der Waals surface area contributed by atoms with E-state index in [1.54, 1.807) is 6.92 Å². The van der Waals surface area contributed by atoms with E-state index in [-0.39, 0.29) is 11.7 Å². The zero-order valence-corrected chi connectivity index (χ0v) is 18.0. The maximum absolute atomic E-state index is 12.3. The van der Waals surface area contributed by atoms with Crippen molar-refractivity contribution in [3.8, 4) is 0 Å². The van der Waals surface area contributed by atoms with Crippen LogP contribution in [0.1, 0.15) is 37.8 Å². The Labute approximate surface area is 171 Å². The number of benzene rings is 1. The molecular formula is C20H28N2O3S2. The number of hydrogen-bond acceptors (Lipinski definition) is 5. The number of likely N-dealkylation sites (tertiary alicyclic amines) is 1. The maximum atomic E-state index is 12.3. The van der Waals surface area contributed by atoms with Gasteiger partial charge in [-0.05, 0) is 56.7 Å². The number of piperidine rings is 1. The number of hydrogen-bond donors (Lipinski definition) is 1. The van der Waals surface area contributed by atoms with Crippen LogP contribution in [0.5, 0.6) is 0 Å². The third kappa shape index (κ3) is 6.81. The molecule has 27 heavy (non-hydrogen) atoms. The molecule has 1 saturated heterocycles. The first kappa shape index (κ1) is 21.7. The van der Waals surface area contributed by atoms with E-state index in [1.807, 2.05) is 32.0 Å². The van der Waals surface area contributed by atoms with Crippen molar-refractivity contribution in [3.05, 3.63) is 29.3 Å². The predicted molar refractivity (Wildman–Crippen MR) is 115 cm³/mol. The van der Waals surface area contributed by atoms with Crippen molar-refractivity contribution in [2.45, 2.75) is 46.6 Å². The number of ether oxygens (including phenoxy) is 1. The number of thiocarbonyl (C=S) groups is 1. The van der Waals surface area contributed by atoms with Crippen LogP contribution in [0.25, 0.3) is 0 Å². The summed E-state index contributed by atoms with van der Waals surface area (Å²) in [4.78, 5) is 26.5. The minimum absolute atomic E-state index is 0.117. The molecule has 1 amide bonds. The lowest BCUT2D eigenvalue weighted by Gasteiger charge is -2.31. The van der Waals surface area contributed by atoms with E-state index in [1.165, 1.54) is 11.8 Å². The van der Waals surface area contributed by atoms with E-state index >= 15 is 0 Å². The van der Waals surface area contributed by atoms with Crippen LogP contribution in [-0.4, -0.2) is 46.0 Å². The molecule has 1 atom stereocenters. The topological polar surface area (TPSA) is 58.6 Å². The Kier molecular flexibility index (Phi) is 8.10. The van der Waals surface area contributed by atoms with Gasteiger partial charge in [0, 0.05) is 18.8 Å². The molecule has 0 bridgehead atoms. The Morgan fingerprint density at radius 1 is 1.33 bits per heavy atom. The third-order valence-corrected chi connectivity index (χ3v) is 6.18. The molecule has 1 aromatic rings. The van der Waals surface area contributed by atoms with Crippen LogP contribution < -0.4 is 5.32 Å². The molecular weight excluding hydrogens is 380 g/mol. The van der Waals surface area contributed by atoms with Crippen molar-refractivity contribution in [1.82, 2.24) is 4.90 Å². The molecule has 7 heteroatoms. The van der Waals surface area contributed by atoms with Gasteiger partial charge in [0.25, 0.3) is 5.91 Å². The Morgan fingerprint density at radius 2 is 2.00 bits per heavy atom. The standard InChI is InChI=1S/C20H28N2O3S2/c1-13-7-9-22(10-8-13)20(26)27-12-18(23)25-16(4)19(24)21-17-11-14(2)5-6-15(17)3/h5-6,11,13,16H,7-10,12H2,1-4H3,(H,21,24)/t16-/m0/s1. The van der Waals surface area contributed by atoms with Crippen molar-refractivity contribution in [2.75, 3.05) is 24.2 Å². The normalized spacial score (nSPS) is 15.9. The van der Waals surface area contributed by atoms with Crippen molar-refractivity contribution < 1.29 is 14.3 Å². The van der Waals surface area contributed by atoms with Gasteiger partial charge >= 0.3 is 5.97 Å². The minimum Gasteiger partial charge on any atom is -0.452 e. The first-order valence-corrected chi connectivity index (χ1v) is 10.6. The minimum atomic E-state index is -0.859. The second-order valence-corrected chi connectivity index (χ2v) is 8.77. The van der Waals surface area contributed by atoms with E-state index in [2.05, 4.69) is 17.1 Å². The van der Waals surface area contributed by atoms with Crippen LogP contribution in [0.15, 0.2) is 18.2 Å². The number of nitrogens with one attached hydrogen (secondary N) is 1. The first-order valence-electron chi connectivity index (χ1n) is 9.25. The average Bonchev–Trinajstić information content (AvgIpc) is 2.63. The lowest BCUT2D eigenvalue weighted by molar-refractivity contribution is -0.150. The van der Waals surface area contributed by atoms with E-state index < -0.39 is 12.1 Å². The van der Waals surface area contributed by atoms with Gasteiger partial charge < -0.3 is 15.0 Å². The van der Waals surface area contributed by atoms with E-state index in [4.69, 9.17) is 17.0 Å². The van der Waals surface area contributed by atoms with Gasteiger partial charge in [-0.3, -0.25) is 9.59 Å². The summed E-state index contributed by atoms with van der Waals surface area (Å²) in [6.07, 6.45) is 1.39. The largest absolute Gasteiger partial charge is 0.452 e. The molecule has 0 aliphatic carbocycles. The lowest BCUT2D eigenvalue weighted by atomic mass is 10.00. The highest BCUT2D eigenvalue weighted by molar-refractivity contribution is 8.23. The summed E-state index contributed by atoms with van der Waals surface area (Å²) >= 11 is 6.72. The van der Waals surface area contributed by atoms with Gasteiger partial charge in [0.05, 0.1) is 5.75 Å². The van der Waals surface area contributed by atoms with Gasteiger partial charge in [-0.1, -0.05) is 43.0 Å². The van der Waals surface area contributed by atoms with Crippen molar-refractivity contribution >= 4 is 45.9 Å². The fourth-order valence-corrected chi connectivity index (χ4v) is 3.83. The van der Waals surface area contributed by atoms with Crippen molar-refractivity contribution in [2.24, 2.45) is 5.92 Å². The van der Waals surface area contributed by atoms with Crippen molar-refractivity contribution in [3.63, 3.8) is 0 Å². The number of aryl methyl sites for hydroxylation is 2. The summed E-state index contributed by atoms with van der Waals surface area (Å²) in [5.41, 5.74) is 2.75. The number of nitrogens with zero attached hydrogens (tertiary/aromatic N) is 1. The number of carbonyl (C=O) groups excluding carboxylic acids is 2. The smallest absolute Gasteiger partial charge is 0.317 e. The third-order valence-electron chi connectivity index (χ3n) is 4.68. The Balaban J connectivity index is 1.76. The number of esters is 1. The predicted octanol–water partition coefficient (Wildman–Crippen LogP) is 3.92. The number of amides is 1. The Bertz CT molecular complexity index is 700. The SMILES string of the molecule is Cc1ccc(C)c(NC(=O)[C@H](C)OC(=O)CSC(=S)N2CCC(C)CC2)c1. The summed E-state index contributed by atoms with van der Waals surface area (Å²) < 4.78 is 5.99. The molecule has 1 heterocycles. The number of rotatable bonds is 5. The molecule has 0 unspecified atom stereocenters. The quantitative estimate of drug-likeness (QED) is 0.589. The van der Waals surface area contributed by atoms with Crippen LogP contribution in [0.2, 0.25) is 0 Å². The van der Waals surface area contributed by atoms with Crippen LogP contribution in [0.4, 0.5) is 5.69 Å². The van der Waals surface area contributed by atoms with Crippen molar-refractivity contribution in [1.29, 1.82) is 0 Å². The molecule has 1 N–H and O–H groups in total. The molecule has 5 nitrogen and oxygen atoms in total. The zero-order valence-electron chi connectivity index (χ0n) is 16.4. The average molecular weight is 409 g/mol. The van der Waals surface area contributed by atoms with Gasteiger partial charge in [0.15, 0.2) is 6.10 Å². The van der Waals surface area contributed by atoms with Crippen LogP contribution in [0.3, 0.4) is 0 Å². The summed E-state index contributed by atoms with van der Waals surface area (Å²) in [6.45, 7) is 9.59. The fourth-order valence-electron chi connectivity index (χ4n) is 2.79. The fraction of sp³-hybridized carbons (Fsp3) is 0.550. The monoisotopic (exact) mass is 408 g/mol. The zero-order chi connectivity index (χ0) is 20.0. The summed E-state index contributed by atoms with van der Waals surface area (Å²) in [5.74, 6) is 0.0767. The maximum Gasteiger partial charge on any atom is 0.317 e. The molecule has 1 aromatic carbocycles. The summed E-state index contributed by atoms with van der Waals surface area (Å²) in [5, 5.41) is 2.82. The molecule has 0 saturated carbocycles. The van der Waals surface area contributed by atoms with E-state index in [0.29, 0.717) is 0 Å². The highest BCUT2D eigenvalue weighted by Gasteiger charge is 2.21. The molecule has 0 radical (unpaired) electrons. The van der Waals surface area contributed by atoms with E-state index in [0.717, 1.165) is 53.0 Å². The highest BCUT2D eigenvalue weighted by Crippen LogP contribution is 2.21. The van der Waals surface area contributed by atoms with Gasteiger partial charge in [0.1, 0.15) is 4.32 Å². The number of thioether (sulfide) groups is 1. The molecule has 0 spiro atoms.